The summed E-state index contributed by atoms with van der Waals surface area (Å²) in [6, 6.07) is 23.1. The molecule has 2 aromatic heterocycles. The van der Waals surface area contributed by atoms with Gasteiger partial charge in [-0.3, -0.25) is 19.1 Å². The van der Waals surface area contributed by atoms with Crippen molar-refractivity contribution in [2.45, 2.75) is 96.6 Å². The van der Waals surface area contributed by atoms with Gasteiger partial charge in [0, 0.05) is 29.7 Å². The summed E-state index contributed by atoms with van der Waals surface area (Å²) >= 11 is 0. The Bertz CT molecular complexity index is 2710. The molecule has 1 N–H and O–H groups in total. The van der Waals surface area contributed by atoms with Gasteiger partial charge in [-0.1, -0.05) is 51.1 Å². The first-order valence-corrected chi connectivity index (χ1v) is 22.7. The molecule has 1 saturated heterocycles. The second kappa shape index (κ2) is 16.3. The van der Waals surface area contributed by atoms with E-state index in [0.29, 0.717) is 58.6 Å². The lowest BCUT2D eigenvalue weighted by molar-refractivity contribution is -0.144. The maximum Gasteiger partial charge on any atom is 0.262 e. The van der Waals surface area contributed by atoms with E-state index in [9.17, 15) is 23.3 Å². The summed E-state index contributed by atoms with van der Waals surface area (Å²) in [6.45, 7) is 13.7. The number of amides is 2. The summed E-state index contributed by atoms with van der Waals surface area (Å²) < 4.78 is 47.0. The van der Waals surface area contributed by atoms with E-state index in [4.69, 9.17) is 23.9 Å². The highest BCUT2D eigenvalue weighted by atomic mass is 32.2. The van der Waals surface area contributed by atoms with Gasteiger partial charge < -0.3 is 18.8 Å². The van der Waals surface area contributed by atoms with Gasteiger partial charge in [0.1, 0.15) is 23.0 Å². The minimum atomic E-state index is -3.88. The summed E-state index contributed by atoms with van der Waals surface area (Å²) in [4.78, 5) is 54.9. The number of furan rings is 1. The highest BCUT2D eigenvalue weighted by Gasteiger charge is 2.61. The van der Waals surface area contributed by atoms with Gasteiger partial charge in [0.2, 0.25) is 27.4 Å². The number of benzene rings is 3. The minimum absolute atomic E-state index is 0.00666. The molecule has 3 aromatic carbocycles. The molecule has 3 aliphatic rings. The van der Waals surface area contributed by atoms with Crippen molar-refractivity contribution in [1.29, 1.82) is 5.26 Å². The number of nitrogens with one attached hydrogen (secondary N) is 1. The first-order valence-electron chi connectivity index (χ1n) is 21.1. The molecule has 3 heterocycles. The van der Waals surface area contributed by atoms with Gasteiger partial charge in [-0.05, 0) is 105 Å². The van der Waals surface area contributed by atoms with Gasteiger partial charge in [-0.25, -0.2) is 13.4 Å². The molecule has 5 atom stereocenters. The number of Topliss-reactive ketones (excluding diaryl/α,β-unsaturated/α-hetero) is 1. The van der Waals surface area contributed by atoms with Crippen LogP contribution in [-0.2, 0) is 30.8 Å². The van der Waals surface area contributed by atoms with Crippen molar-refractivity contribution >= 4 is 49.7 Å². The molecular weight excluding hydrogens is 807 g/mol. The first kappa shape index (κ1) is 42.6. The predicted octanol–water partition coefficient (Wildman–Crippen LogP) is 7.72. The van der Waals surface area contributed by atoms with Crippen LogP contribution in [0, 0.1) is 34.0 Å². The van der Waals surface area contributed by atoms with Crippen molar-refractivity contribution < 1.29 is 36.7 Å². The number of para-hydroxylation sites is 1. The molecule has 2 aliphatic carbocycles. The van der Waals surface area contributed by atoms with E-state index in [1.54, 1.807) is 23.1 Å². The Morgan fingerprint density at radius 2 is 1.76 bits per heavy atom. The second-order valence-corrected chi connectivity index (χ2v) is 20.2. The number of sulfonamides is 1. The van der Waals surface area contributed by atoms with E-state index in [2.05, 4.69) is 17.4 Å². The molecule has 1 aliphatic heterocycles. The molecule has 3 fully saturated rings. The van der Waals surface area contributed by atoms with Gasteiger partial charge in [-0.2, -0.15) is 10.2 Å². The summed E-state index contributed by atoms with van der Waals surface area (Å²) in [5, 5.41) is 9.53. The standard InChI is InChI=1S/C48H51N5O8S/c1-7-32-24-48(32,46(56)52-62(57,58)35-20-21-35)25-39(54)38-23-34(27-53(38)45(55)37(47(4,5)6)22-29-12-14-30(26-49)15-13-29)60-44-42-41(36-10-8-9-11-40(36)61-42)50-43(51-44)31-16-18-33(19-17-31)59-28(2)3/h7-19,28,32,34-35,37-38H,1,20-25,27H2,2-6H3,(H,52,56)/t32-,34-,37-,38+,48-/m1/s1. The molecular formula is C48H51N5O8S. The van der Waals surface area contributed by atoms with E-state index in [-0.39, 0.29) is 49.5 Å². The van der Waals surface area contributed by atoms with E-state index in [1.807, 2.05) is 95.3 Å². The Labute approximate surface area is 361 Å². The lowest BCUT2D eigenvalue weighted by Crippen LogP contribution is -2.48. The third kappa shape index (κ3) is 8.55. The topological polar surface area (TPSA) is 182 Å². The van der Waals surface area contributed by atoms with E-state index >= 15 is 4.79 Å². The average molecular weight is 858 g/mol. The fourth-order valence-electron chi connectivity index (χ4n) is 8.54. The monoisotopic (exact) mass is 857 g/mol. The number of carbonyl (C=O) groups is 3. The molecule has 0 spiro atoms. The number of allylic oxidation sites excluding steroid dienone is 1. The fourth-order valence-corrected chi connectivity index (χ4v) is 9.93. The Hall–Kier alpha value is -6.07. The average Bonchev–Trinajstić information content (AvgIpc) is 4.14. The molecule has 0 bridgehead atoms. The van der Waals surface area contributed by atoms with Crippen LogP contribution in [0.5, 0.6) is 11.6 Å². The zero-order valence-corrected chi connectivity index (χ0v) is 36.4. The number of aromatic nitrogens is 2. The van der Waals surface area contributed by atoms with Gasteiger partial charge in [0.25, 0.3) is 5.88 Å². The number of likely N-dealkylation sites (tertiary alicyclic amines) is 1. The fraction of sp³-hybridized carbons (Fsp3) is 0.417. The first-order chi connectivity index (χ1) is 29.5. The largest absolute Gasteiger partial charge is 0.491 e. The molecule has 0 unspecified atom stereocenters. The Kier molecular flexibility index (Phi) is 11.2. The van der Waals surface area contributed by atoms with Crippen LogP contribution in [-0.4, -0.2) is 70.9 Å². The molecule has 14 heteroatoms. The number of nitriles is 1. The number of nitrogens with zero attached hydrogens (tertiary/aromatic N) is 4. The number of hydrogen-bond donors (Lipinski definition) is 1. The van der Waals surface area contributed by atoms with Crippen LogP contribution in [0.25, 0.3) is 33.5 Å². The van der Waals surface area contributed by atoms with Crippen molar-refractivity contribution in [2.24, 2.45) is 22.7 Å². The van der Waals surface area contributed by atoms with Crippen LogP contribution in [0.15, 0.2) is 89.9 Å². The SMILES string of the molecule is C=C[C@@H]1C[C@]1(CC(=O)[C@@H]1C[C@@H](Oc2nc(-c3ccc(OC(C)C)cc3)nc3c2oc2ccccc23)CN1C(=O)[C@@H](Cc1ccc(C#N)cc1)C(C)(C)C)C(=O)NS(=O)(=O)C1CC1. The van der Waals surface area contributed by atoms with Crippen molar-refractivity contribution in [2.75, 3.05) is 6.54 Å². The third-order valence-electron chi connectivity index (χ3n) is 12.3. The number of rotatable bonds is 15. The zero-order valence-electron chi connectivity index (χ0n) is 35.6. The van der Waals surface area contributed by atoms with Crippen molar-refractivity contribution in [3.63, 3.8) is 0 Å². The maximum absolute atomic E-state index is 15.0. The summed E-state index contributed by atoms with van der Waals surface area (Å²) in [6.07, 6.45) is 2.20. The Balaban J connectivity index is 1.14. The van der Waals surface area contributed by atoms with Crippen LogP contribution in [0.1, 0.15) is 77.8 Å². The van der Waals surface area contributed by atoms with Crippen molar-refractivity contribution in [3.05, 3.63) is 96.6 Å². The molecule has 5 aromatic rings. The summed E-state index contributed by atoms with van der Waals surface area (Å²) in [5.41, 5.74) is 1.64. The van der Waals surface area contributed by atoms with Crippen molar-refractivity contribution in [3.8, 4) is 29.1 Å². The van der Waals surface area contributed by atoms with Gasteiger partial charge in [-0.15, -0.1) is 6.58 Å². The van der Waals surface area contributed by atoms with E-state index in [1.165, 1.54) is 0 Å². The highest BCUT2D eigenvalue weighted by molar-refractivity contribution is 7.90. The molecule has 13 nitrogen and oxygen atoms in total. The normalized spacial score (nSPS) is 21.7. The number of hydrogen-bond acceptors (Lipinski definition) is 11. The van der Waals surface area contributed by atoms with E-state index in [0.717, 1.165) is 10.9 Å². The second-order valence-electron chi connectivity index (χ2n) is 18.3. The number of ether oxygens (including phenoxy) is 2. The highest BCUT2D eigenvalue weighted by Crippen LogP contribution is 2.57. The van der Waals surface area contributed by atoms with E-state index < -0.39 is 56.0 Å². The van der Waals surface area contributed by atoms with Gasteiger partial charge >= 0.3 is 0 Å². The van der Waals surface area contributed by atoms with Crippen molar-refractivity contribution in [1.82, 2.24) is 19.6 Å². The van der Waals surface area contributed by atoms with Crippen LogP contribution in [0.4, 0.5) is 0 Å². The summed E-state index contributed by atoms with van der Waals surface area (Å²) in [7, 11) is -3.88. The Morgan fingerprint density at radius 3 is 2.39 bits per heavy atom. The van der Waals surface area contributed by atoms with Crippen LogP contribution in [0.3, 0.4) is 0 Å². The zero-order chi connectivity index (χ0) is 44.1. The smallest absolute Gasteiger partial charge is 0.262 e. The van der Waals surface area contributed by atoms with Gasteiger partial charge in [0.05, 0.1) is 41.0 Å². The number of ketones is 1. The molecule has 0 radical (unpaired) electrons. The van der Waals surface area contributed by atoms with Crippen LogP contribution < -0.4 is 14.2 Å². The lowest BCUT2D eigenvalue weighted by Gasteiger charge is -2.35. The molecule has 8 rings (SSSR count). The van der Waals surface area contributed by atoms with Crippen LogP contribution >= 0.6 is 0 Å². The summed E-state index contributed by atoms with van der Waals surface area (Å²) in [5.74, 6) is -1.14. The number of fused-ring (bicyclic) bond motifs is 3. The predicted molar refractivity (Wildman–Crippen MR) is 233 cm³/mol. The molecule has 2 amide bonds. The number of carbonyl (C=O) groups excluding carboxylic acids is 3. The van der Waals surface area contributed by atoms with Crippen LogP contribution in [0.2, 0.25) is 0 Å². The van der Waals surface area contributed by atoms with Gasteiger partial charge in [0.15, 0.2) is 11.6 Å². The molecule has 322 valence electrons. The maximum atomic E-state index is 15.0. The lowest BCUT2D eigenvalue weighted by atomic mass is 9.76. The molecule has 2 saturated carbocycles. The molecule has 62 heavy (non-hydrogen) atoms. The minimum Gasteiger partial charge on any atom is -0.491 e. The Morgan fingerprint density at radius 1 is 1.05 bits per heavy atom. The third-order valence-corrected chi connectivity index (χ3v) is 14.1. The quantitative estimate of drug-likeness (QED) is 0.102.